The van der Waals surface area contributed by atoms with Crippen molar-refractivity contribution in [2.75, 3.05) is 0 Å². The molecule has 0 aliphatic carbocycles. The molecule has 0 rings (SSSR count). The summed E-state index contributed by atoms with van der Waals surface area (Å²) in [5.74, 6) is -6.89. The molecular formula is C23H34N8O9. The van der Waals surface area contributed by atoms with E-state index >= 15 is 0 Å². The van der Waals surface area contributed by atoms with Crippen LogP contribution in [0.25, 0.3) is 11.1 Å². The van der Waals surface area contributed by atoms with Gasteiger partial charge in [-0.2, -0.15) is 9.58 Å². The molecule has 0 fully saturated rings. The van der Waals surface area contributed by atoms with E-state index in [1.54, 1.807) is 0 Å². The van der Waals surface area contributed by atoms with Crippen molar-refractivity contribution >= 4 is 53.7 Å². The number of rotatable bonds is 20. The van der Waals surface area contributed by atoms with Crippen molar-refractivity contribution < 1.29 is 53.4 Å². The second-order valence-corrected chi connectivity index (χ2v) is 9.19. The van der Waals surface area contributed by atoms with E-state index in [0.717, 1.165) is 0 Å². The van der Waals surface area contributed by atoms with Crippen molar-refractivity contribution in [2.45, 2.75) is 83.0 Å². The zero-order valence-corrected chi connectivity index (χ0v) is 22.1. The number of carbonyl (C=O) groups is 7. The lowest BCUT2D eigenvalue weighted by molar-refractivity contribution is -0.142. The molecule has 0 unspecified atom stereocenters. The minimum atomic E-state index is -1.58. The van der Waals surface area contributed by atoms with Gasteiger partial charge in [-0.05, 0) is 31.6 Å². The lowest BCUT2D eigenvalue weighted by Crippen LogP contribution is -2.52. The van der Waals surface area contributed by atoms with Gasteiger partial charge in [0.2, 0.25) is 29.3 Å². The molecule has 0 saturated carbocycles. The van der Waals surface area contributed by atoms with E-state index in [1.165, 1.54) is 0 Å². The molecule has 0 aromatic heterocycles. The number of nitrogens with two attached hydrogens (primary N) is 1. The fourth-order valence-corrected chi connectivity index (χ4v) is 3.32. The number of carboxylic acids is 2. The highest BCUT2D eigenvalue weighted by Gasteiger charge is 2.29. The first kappa shape index (κ1) is 35.4. The molecule has 7 N–H and O–H groups in total. The van der Waals surface area contributed by atoms with Crippen LogP contribution in [-0.4, -0.2) is 97.6 Å². The van der Waals surface area contributed by atoms with Crippen LogP contribution in [0, 0.1) is 5.92 Å². The van der Waals surface area contributed by atoms with Crippen LogP contribution in [0.2, 0.25) is 0 Å². The van der Waals surface area contributed by atoms with Gasteiger partial charge in [0, 0.05) is 19.3 Å². The minimum absolute atomic E-state index is 0.0732. The molecular weight excluding hydrogens is 532 g/mol. The Labute approximate surface area is 229 Å². The van der Waals surface area contributed by atoms with Gasteiger partial charge in [0.1, 0.15) is 18.1 Å². The Morgan fingerprint density at radius 2 is 1.15 bits per heavy atom. The highest BCUT2D eigenvalue weighted by molar-refractivity contribution is 6.25. The van der Waals surface area contributed by atoms with E-state index in [2.05, 4.69) is 25.5 Å². The molecule has 0 radical (unpaired) electrons. The molecule has 0 aliphatic rings. The summed E-state index contributed by atoms with van der Waals surface area (Å²) in [4.78, 5) is 88.9. The maximum atomic E-state index is 12.8. The first-order valence-corrected chi connectivity index (χ1v) is 12.2. The summed E-state index contributed by atoms with van der Waals surface area (Å²) in [7, 11) is 0. The van der Waals surface area contributed by atoms with Gasteiger partial charge in [-0.15, -0.1) is 0 Å². The quantitative estimate of drug-likeness (QED) is 0.0538. The van der Waals surface area contributed by atoms with Crippen molar-refractivity contribution in [1.29, 1.82) is 0 Å². The van der Waals surface area contributed by atoms with Crippen molar-refractivity contribution in [2.24, 2.45) is 11.7 Å². The molecule has 17 heteroatoms. The number of aliphatic carboxylic acids is 2. The summed E-state index contributed by atoms with van der Waals surface area (Å²) in [6.45, 7) is 3.65. The van der Waals surface area contributed by atoms with Gasteiger partial charge in [-0.25, -0.2) is 9.59 Å². The van der Waals surface area contributed by atoms with E-state index in [1.807, 2.05) is 13.8 Å². The summed E-state index contributed by atoms with van der Waals surface area (Å²) in [6.07, 6.45) is -0.967. The third-order valence-corrected chi connectivity index (χ3v) is 5.37. The number of hydrogen-bond acceptors (Lipinski definition) is 8. The first-order chi connectivity index (χ1) is 18.7. The van der Waals surface area contributed by atoms with Crippen LogP contribution in [0.15, 0.2) is 0 Å². The third kappa shape index (κ3) is 15.0. The predicted molar refractivity (Wildman–Crippen MR) is 136 cm³/mol. The predicted octanol–water partition coefficient (Wildman–Crippen LogP) is -1.94. The van der Waals surface area contributed by atoms with Crippen LogP contribution in [0.5, 0.6) is 0 Å². The highest BCUT2D eigenvalue weighted by atomic mass is 16.4. The number of nitrogens with one attached hydrogen (secondary N) is 3. The van der Waals surface area contributed by atoms with Crippen molar-refractivity contribution in [3.63, 3.8) is 0 Å². The monoisotopic (exact) mass is 566 g/mol. The lowest BCUT2D eigenvalue weighted by atomic mass is 10.0. The standard InChI is InChI=1S/C23H34N8O9/c1-12(2)9-15(24)20(35)30-18(23(39)40)7-8-19(34)29-16(5-3-13(32)10-27-25)21(36)31-17(22(37)38)6-4-14(33)11-28-26/h10-12,15-18H,3-9,24H2,1-2H3,(H,29,34)(H,30,35)(H,31,36)(H,37,38)(H,39,40)/t15-,16-,17-,18-/m0/s1. The molecule has 0 aromatic carbocycles. The van der Waals surface area contributed by atoms with Gasteiger partial charge in [-0.1, -0.05) is 13.8 Å². The summed E-state index contributed by atoms with van der Waals surface area (Å²) in [6, 6.07) is -5.49. The Kier molecular flexibility index (Phi) is 16.5. The number of carbonyl (C=O) groups excluding carboxylic acids is 5. The van der Waals surface area contributed by atoms with Crippen LogP contribution < -0.4 is 21.7 Å². The van der Waals surface area contributed by atoms with E-state index in [9.17, 15) is 43.8 Å². The van der Waals surface area contributed by atoms with Crippen LogP contribution in [0.3, 0.4) is 0 Å². The SMILES string of the molecule is CC(C)C[C@H](N)C(=O)N[C@@H](CCC(=O)N[C@@H](CCC(=O)C=[N+]=[N-])C(=O)N[C@@H](CCC(=O)C=[N+]=[N-])C(=O)O)C(=O)O. The second kappa shape index (κ2) is 18.6. The van der Waals surface area contributed by atoms with Gasteiger partial charge >= 0.3 is 24.4 Å². The number of ketones is 2. The van der Waals surface area contributed by atoms with Gasteiger partial charge in [-0.3, -0.25) is 24.0 Å². The highest BCUT2D eigenvalue weighted by Crippen LogP contribution is 2.07. The number of hydrogen-bond donors (Lipinski definition) is 6. The number of Topliss-reactive ketones (excluding diaryl/α,β-unsaturated/α-hetero) is 2. The molecule has 0 bridgehead atoms. The number of carboxylic acid groups (broad SMARTS) is 2. The summed E-state index contributed by atoms with van der Waals surface area (Å²) < 4.78 is 0. The molecule has 4 atom stereocenters. The summed E-state index contributed by atoms with van der Waals surface area (Å²) in [5, 5.41) is 25.5. The van der Waals surface area contributed by atoms with Crippen LogP contribution in [0.4, 0.5) is 0 Å². The van der Waals surface area contributed by atoms with Crippen LogP contribution in [0.1, 0.15) is 58.8 Å². The normalized spacial score (nSPS) is 13.3. The maximum absolute atomic E-state index is 12.8. The zero-order chi connectivity index (χ0) is 30.8. The van der Waals surface area contributed by atoms with E-state index in [0.29, 0.717) is 18.9 Å². The summed E-state index contributed by atoms with van der Waals surface area (Å²) in [5.41, 5.74) is 22.6. The minimum Gasteiger partial charge on any atom is -0.480 e. The molecule has 0 saturated heterocycles. The van der Waals surface area contributed by atoms with Gasteiger partial charge in [0.05, 0.1) is 6.04 Å². The van der Waals surface area contributed by atoms with Crippen molar-refractivity contribution in [1.82, 2.24) is 16.0 Å². The molecule has 220 valence electrons. The Morgan fingerprint density at radius 3 is 1.57 bits per heavy atom. The average Bonchev–Trinajstić information content (AvgIpc) is 2.85. The van der Waals surface area contributed by atoms with Crippen molar-refractivity contribution in [3.05, 3.63) is 11.1 Å². The Morgan fingerprint density at radius 1 is 0.725 bits per heavy atom. The molecule has 0 aromatic rings. The topological polar surface area (TPSA) is 295 Å². The third-order valence-electron chi connectivity index (χ3n) is 5.37. The van der Waals surface area contributed by atoms with Crippen LogP contribution >= 0.6 is 0 Å². The molecule has 3 amide bonds. The fraction of sp³-hybridized carbons (Fsp3) is 0.609. The van der Waals surface area contributed by atoms with Crippen molar-refractivity contribution in [3.8, 4) is 0 Å². The Balaban J connectivity index is 5.45. The molecule has 0 heterocycles. The molecule has 0 spiro atoms. The second-order valence-electron chi connectivity index (χ2n) is 9.19. The van der Waals surface area contributed by atoms with Gasteiger partial charge < -0.3 is 43.0 Å². The average molecular weight is 567 g/mol. The van der Waals surface area contributed by atoms with E-state index < -0.39 is 84.7 Å². The number of nitrogens with zero attached hydrogens (tertiary/aromatic N) is 4. The zero-order valence-electron chi connectivity index (χ0n) is 22.1. The lowest BCUT2D eigenvalue weighted by Gasteiger charge is -2.22. The van der Waals surface area contributed by atoms with Gasteiger partial charge in [0.25, 0.3) is 0 Å². The van der Waals surface area contributed by atoms with E-state index in [-0.39, 0.29) is 25.2 Å². The molecule has 0 aliphatic heterocycles. The largest absolute Gasteiger partial charge is 0.480 e. The Bertz CT molecular complexity index is 1060. The maximum Gasteiger partial charge on any atom is 0.326 e. The smallest absolute Gasteiger partial charge is 0.326 e. The van der Waals surface area contributed by atoms with Crippen LogP contribution in [-0.2, 0) is 33.6 Å². The Hall–Kier alpha value is -4.59. The van der Waals surface area contributed by atoms with E-state index in [4.69, 9.17) is 16.8 Å². The molecule has 40 heavy (non-hydrogen) atoms. The summed E-state index contributed by atoms with van der Waals surface area (Å²) >= 11 is 0. The van der Waals surface area contributed by atoms with Gasteiger partial charge in [0.15, 0.2) is 0 Å². The first-order valence-electron chi connectivity index (χ1n) is 12.2. The fourth-order valence-electron chi connectivity index (χ4n) is 3.32. The molecule has 17 nitrogen and oxygen atoms in total. The number of amides is 3.